The number of aromatic nitrogens is 1. The summed E-state index contributed by atoms with van der Waals surface area (Å²) in [5, 5.41) is 12.8. The number of fused-ring (bicyclic) bond motifs is 8. The van der Waals surface area contributed by atoms with E-state index >= 15 is 0 Å². The molecule has 0 bridgehead atoms. The predicted octanol–water partition coefficient (Wildman–Crippen LogP) is 13.2. The van der Waals surface area contributed by atoms with Crippen molar-refractivity contribution in [1.29, 1.82) is 0 Å². The van der Waals surface area contributed by atoms with Gasteiger partial charge in [-0.15, -0.1) is 0 Å². The van der Waals surface area contributed by atoms with Gasteiger partial charge in [-0.1, -0.05) is 146 Å². The number of amidine groups is 2. The maximum Gasteiger partial charge on any atom is 0.163 e. The molecule has 9 aromatic carbocycles. The Hall–Kier alpha value is -7.76. The molecule has 1 atom stereocenters. The van der Waals surface area contributed by atoms with Crippen LogP contribution in [-0.2, 0) is 0 Å². The van der Waals surface area contributed by atoms with Gasteiger partial charge in [-0.05, 0) is 86.8 Å². The largest absolute Gasteiger partial charge is 0.455 e. The van der Waals surface area contributed by atoms with Crippen LogP contribution in [0.4, 0.5) is 0 Å². The van der Waals surface area contributed by atoms with Gasteiger partial charge >= 0.3 is 0 Å². The van der Waals surface area contributed by atoms with Crippen LogP contribution in [0, 0.1) is 0 Å². The van der Waals surface area contributed by atoms with Crippen LogP contribution in [0.5, 0.6) is 0 Å². The molecule has 0 fully saturated rings. The van der Waals surface area contributed by atoms with Gasteiger partial charge < -0.3 is 14.3 Å². The predicted molar refractivity (Wildman–Crippen MR) is 240 cm³/mol. The Morgan fingerprint density at radius 3 is 1.95 bits per heavy atom. The van der Waals surface area contributed by atoms with Gasteiger partial charge in [-0.3, -0.25) is 0 Å². The van der Waals surface area contributed by atoms with Crippen molar-refractivity contribution in [3.05, 3.63) is 211 Å². The van der Waals surface area contributed by atoms with Crippen LogP contribution < -0.4 is 5.32 Å². The van der Waals surface area contributed by atoms with Crippen LogP contribution in [0.2, 0.25) is 0 Å². The fourth-order valence-electron chi connectivity index (χ4n) is 8.76. The molecule has 5 heteroatoms. The number of rotatable bonds is 5. The van der Waals surface area contributed by atoms with Crippen molar-refractivity contribution < 1.29 is 4.42 Å². The zero-order valence-corrected chi connectivity index (χ0v) is 31.3. The Morgan fingerprint density at radius 1 is 0.466 bits per heavy atom. The third-order valence-electron chi connectivity index (χ3n) is 11.6. The van der Waals surface area contributed by atoms with E-state index in [0.29, 0.717) is 5.84 Å². The van der Waals surface area contributed by atoms with Crippen molar-refractivity contribution in [1.82, 2.24) is 9.88 Å². The molecule has 0 aliphatic carbocycles. The zero-order valence-electron chi connectivity index (χ0n) is 31.3. The molecule has 58 heavy (non-hydrogen) atoms. The lowest BCUT2D eigenvalue weighted by molar-refractivity contribution is 0.663. The third kappa shape index (κ3) is 5.25. The van der Waals surface area contributed by atoms with E-state index in [1.165, 1.54) is 32.7 Å². The maximum atomic E-state index is 6.89. The minimum absolute atomic E-state index is 0.351. The number of hydrogen-bond donors (Lipinski definition) is 1. The summed E-state index contributed by atoms with van der Waals surface area (Å²) in [5.74, 6) is 1.37. The van der Waals surface area contributed by atoms with Crippen molar-refractivity contribution >= 4 is 77.0 Å². The fraction of sp³-hybridized carbons (Fsp3) is 0.0189. The SMILES string of the molecule is c1ccc(C2=NC(c3cc(-n4c5ccccc5c5cc(-c6ccc7ccccc7c6)ccc54)cc4c3oc3cc5ccccc5cc34)=NC(c3ccccc3)N2)cc1. The molecule has 0 radical (unpaired) electrons. The second-order valence-corrected chi connectivity index (χ2v) is 15.1. The van der Waals surface area contributed by atoms with E-state index in [-0.39, 0.29) is 6.17 Å². The van der Waals surface area contributed by atoms with E-state index in [1.54, 1.807) is 0 Å². The number of nitrogens with zero attached hydrogens (tertiary/aromatic N) is 3. The molecular formula is C53H34N4O. The molecule has 11 aromatic rings. The summed E-state index contributed by atoms with van der Waals surface area (Å²) in [4.78, 5) is 10.6. The molecule has 2 aromatic heterocycles. The highest BCUT2D eigenvalue weighted by Gasteiger charge is 2.25. The molecule has 1 aliphatic rings. The first-order valence-corrected chi connectivity index (χ1v) is 19.7. The average Bonchev–Trinajstić information content (AvgIpc) is 3.82. The number of hydrogen-bond acceptors (Lipinski definition) is 4. The topological polar surface area (TPSA) is 54.8 Å². The molecule has 12 rings (SSSR count). The van der Waals surface area contributed by atoms with Crippen LogP contribution in [0.25, 0.3) is 82.1 Å². The van der Waals surface area contributed by atoms with Gasteiger partial charge in [0.25, 0.3) is 0 Å². The van der Waals surface area contributed by atoms with Crippen LogP contribution >= 0.6 is 0 Å². The summed E-state index contributed by atoms with van der Waals surface area (Å²) >= 11 is 0. The van der Waals surface area contributed by atoms with Crippen molar-refractivity contribution in [2.75, 3.05) is 0 Å². The second-order valence-electron chi connectivity index (χ2n) is 15.1. The van der Waals surface area contributed by atoms with Crippen molar-refractivity contribution in [2.45, 2.75) is 6.17 Å². The van der Waals surface area contributed by atoms with Crippen molar-refractivity contribution in [2.24, 2.45) is 9.98 Å². The Morgan fingerprint density at radius 2 is 1.12 bits per heavy atom. The van der Waals surface area contributed by atoms with E-state index in [4.69, 9.17) is 14.4 Å². The molecule has 5 nitrogen and oxygen atoms in total. The number of benzene rings is 9. The van der Waals surface area contributed by atoms with Gasteiger partial charge in [0.1, 0.15) is 23.2 Å². The molecule has 0 saturated heterocycles. The highest BCUT2D eigenvalue weighted by atomic mass is 16.3. The average molecular weight is 743 g/mol. The lowest BCUT2D eigenvalue weighted by Crippen LogP contribution is -2.33. The molecule has 3 heterocycles. The summed E-state index contributed by atoms with van der Waals surface area (Å²) in [5.41, 5.74) is 10.1. The van der Waals surface area contributed by atoms with E-state index in [9.17, 15) is 0 Å². The van der Waals surface area contributed by atoms with E-state index in [2.05, 4.69) is 180 Å². The van der Waals surface area contributed by atoms with Crippen LogP contribution in [0.15, 0.2) is 209 Å². The number of aliphatic imine (C=N–C) groups is 2. The molecule has 1 N–H and O–H groups in total. The van der Waals surface area contributed by atoms with Gasteiger partial charge in [-0.25, -0.2) is 9.98 Å². The molecule has 1 unspecified atom stereocenters. The highest BCUT2D eigenvalue weighted by molar-refractivity contribution is 6.21. The monoisotopic (exact) mass is 742 g/mol. The van der Waals surface area contributed by atoms with Gasteiger partial charge in [-0.2, -0.15) is 0 Å². The summed E-state index contributed by atoms with van der Waals surface area (Å²) in [6.45, 7) is 0. The molecule has 1 aliphatic heterocycles. The Kier molecular flexibility index (Phi) is 7.23. The summed E-state index contributed by atoms with van der Waals surface area (Å²) in [6.07, 6.45) is -0.351. The molecule has 272 valence electrons. The maximum absolute atomic E-state index is 6.89. The number of furan rings is 1. The molecule has 0 spiro atoms. The molecule has 0 saturated carbocycles. The third-order valence-corrected chi connectivity index (χ3v) is 11.6. The summed E-state index contributed by atoms with van der Waals surface area (Å²) < 4.78 is 9.27. The summed E-state index contributed by atoms with van der Waals surface area (Å²) in [6, 6.07) is 68.8. The lowest BCUT2D eigenvalue weighted by atomic mass is 9.99. The van der Waals surface area contributed by atoms with E-state index < -0.39 is 0 Å². The van der Waals surface area contributed by atoms with Crippen molar-refractivity contribution in [3.8, 4) is 16.8 Å². The minimum atomic E-state index is -0.351. The normalized spacial score (nSPS) is 14.4. The smallest absolute Gasteiger partial charge is 0.163 e. The van der Waals surface area contributed by atoms with E-state index in [0.717, 1.165) is 72.0 Å². The van der Waals surface area contributed by atoms with Gasteiger partial charge in [0.2, 0.25) is 0 Å². The second kappa shape index (κ2) is 12.9. The highest BCUT2D eigenvalue weighted by Crippen LogP contribution is 2.40. The lowest BCUT2D eigenvalue weighted by Gasteiger charge is -2.24. The van der Waals surface area contributed by atoms with E-state index in [1.807, 2.05) is 24.3 Å². The number of nitrogens with one attached hydrogen (secondary N) is 1. The minimum Gasteiger partial charge on any atom is -0.455 e. The standard InChI is InChI=1S/C53H34N4O/c1-3-14-34(15-4-1)51-54-52(35-16-5-2-6-17-35)56-53(55-51)46-32-41(31-45-44-29-37-19-9-10-20-38(37)30-49(44)58-50(45)46)57-47-22-12-11-21-42(47)43-28-40(25-26-48(43)57)39-24-23-33-13-7-8-18-36(33)27-39/h1-32,51H,(H,54,55,56). The van der Waals surface area contributed by atoms with Crippen LogP contribution in [0.1, 0.15) is 22.9 Å². The van der Waals surface area contributed by atoms with Crippen LogP contribution in [0.3, 0.4) is 0 Å². The molecule has 0 amide bonds. The Labute approximate surface area is 333 Å². The number of para-hydroxylation sites is 1. The Bertz CT molecular complexity index is 3480. The first kappa shape index (κ1) is 32.5. The molecular weight excluding hydrogens is 709 g/mol. The first-order valence-electron chi connectivity index (χ1n) is 19.7. The zero-order chi connectivity index (χ0) is 38.2. The fourth-order valence-corrected chi connectivity index (χ4v) is 8.76. The van der Waals surface area contributed by atoms with Gasteiger partial charge in [0, 0.05) is 32.8 Å². The van der Waals surface area contributed by atoms with Gasteiger partial charge in [0.05, 0.1) is 16.6 Å². The quantitative estimate of drug-likeness (QED) is 0.191. The van der Waals surface area contributed by atoms with Gasteiger partial charge in [0.15, 0.2) is 5.84 Å². The van der Waals surface area contributed by atoms with Crippen molar-refractivity contribution in [3.63, 3.8) is 0 Å². The summed E-state index contributed by atoms with van der Waals surface area (Å²) in [7, 11) is 0. The first-order chi connectivity index (χ1) is 28.7. The van der Waals surface area contributed by atoms with Crippen LogP contribution in [-0.4, -0.2) is 16.2 Å². The Balaban J connectivity index is 1.13.